The van der Waals surface area contributed by atoms with Crippen molar-refractivity contribution in [1.29, 1.82) is 0 Å². The Hall–Kier alpha value is -5.84. The van der Waals surface area contributed by atoms with E-state index in [2.05, 4.69) is 166 Å². The molecule has 0 amide bonds. The normalized spacial score (nSPS) is 12.7. The molecule has 4 heteroatoms. The number of hydrogen-bond acceptors (Lipinski definition) is 2. The summed E-state index contributed by atoms with van der Waals surface area (Å²) in [5.41, 5.74) is 10.9. The van der Waals surface area contributed by atoms with Crippen molar-refractivity contribution >= 4 is 92.2 Å². The second-order valence-corrected chi connectivity index (χ2v) is 13.2. The molecule has 0 saturated heterocycles. The number of thiophene rings is 1. The predicted molar refractivity (Wildman–Crippen MR) is 196 cm³/mol. The first-order chi connectivity index (χ1) is 22.8. The highest BCUT2D eigenvalue weighted by Gasteiger charge is 2.29. The van der Waals surface area contributed by atoms with Crippen molar-refractivity contribution < 1.29 is 0 Å². The van der Waals surface area contributed by atoms with Crippen LogP contribution in [0.5, 0.6) is 0 Å². The van der Waals surface area contributed by atoms with Crippen LogP contribution in [0.25, 0.3) is 75.2 Å². The largest absolute Gasteiger partial charge is 0.309 e. The Bertz CT molecular complexity index is 2870. The molecule has 3 nitrogen and oxygen atoms in total. The molecule has 0 bridgehead atoms. The zero-order valence-electron chi connectivity index (χ0n) is 24.7. The first kappa shape index (κ1) is 24.5. The van der Waals surface area contributed by atoms with Crippen molar-refractivity contribution in [3.05, 3.63) is 152 Å². The van der Waals surface area contributed by atoms with Gasteiger partial charge in [-0.05, 0) is 72.8 Å². The number of benzene rings is 7. The molecule has 10 aromatic rings. The van der Waals surface area contributed by atoms with Crippen LogP contribution >= 0.6 is 11.3 Å². The lowest BCUT2D eigenvalue weighted by atomic mass is 10.0. The first-order valence-electron chi connectivity index (χ1n) is 15.7. The second kappa shape index (κ2) is 8.87. The van der Waals surface area contributed by atoms with Crippen molar-refractivity contribution in [2.75, 3.05) is 4.90 Å². The molecule has 7 aromatic carbocycles. The molecule has 1 aliphatic heterocycles. The number of nitrogens with zero attached hydrogens (tertiary/aromatic N) is 3. The summed E-state index contributed by atoms with van der Waals surface area (Å²) in [7, 11) is 0. The van der Waals surface area contributed by atoms with Gasteiger partial charge >= 0.3 is 0 Å². The third-order valence-electron chi connectivity index (χ3n) is 9.80. The van der Waals surface area contributed by atoms with Gasteiger partial charge in [0.1, 0.15) is 0 Å². The van der Waals surface area contributed by atoms with Crippen LogP contribution in [0.4, 0.5) is 17.1 Å². The zero-order valence-corrected chi connectivity index (χ0v) is 25.5. The van der Waals surface area contributed by atoms with Gasteiger partial charge in [0.15, 0.2) is 0 Å². The van der Waals surface area contributed by atoms with Crippen molar-refractivity contribution in [2.45, 2.75) is 0 Å². The van der Waals surface area contributed by atoms with E-state index in [1.807, 2.05) is 11.3 Å². The number of rotatable bonds is 2. The van der Waals surface area contributed by atoms with E-state index >= 15 is 0 Å². The number of para-hydroxylation sites is 5. The fraction of sp³-hybridized carbons (Fsp3) is 0. The molecule has 0 radical (unpaired) electrons. The summed E-state index contributed by atoms with van der Waals surface area (Å²) in [6.07, 6.45) is 0. The Kier molecular flexibility index (Phi) is 4.72. The van der Waals surface area contributed by atoms with Crippen molar-refractivity contribution in [2.24, 2.45) is 0 Å². The smallest absolute Gasteiger partial charge is 0.0783 e. The fourth-order valence-corrected chi connectivity index (χ4v) is 9.10. The van der Waals surface area contributed by atoms with E-state index < -0.39 is 0 Å². The Morgan fingerprint density at radius 3 is 1.98 bits per heavy atom. The average molecular weight is 604 g/mol. The van der Waals surface area contributed by atoms with Gasteiger partial charge in [-0.15, -0.1) is 11.3 Å². The molecule has 11 rings (SSSR count). The summed E-state index contributed by atoms with van der Waals surface area (Å²) in [5, 5.41) is 7.83. The molecule has 1 aliphatic rings. The van der Waals surface area contributed by atoms with Crippen LogP contribution in [0, 0.1) is 0 Å². The molecular weight excluding hydrogens is 579 g/mol. The number of aromatic nitrogens is 2. The highest BCUT2D eigenvalue weighted by molar-refractivity contribution is 7.26. The summed E-state index contributed by atoms with van der Waals surface area (Å²) in [5.74, 6) is 0. The topological polar surface area (TPSA) is 13.1 Å². The summed E-state index contributed by atoms with van der Waals surface area (Å²) >= 11 is 1.89. The minimum Gasteiger partial charge on any atom is -0.309 e. The van der Waals surface area contributed by atoms with Crippen molar-refractivity contribution in [1.82, 2.24) is 9.13 Å². The monoisotopic (exact) mass is 603 g/mol. The molecule has 0 fully saturated rings. The second-order valence-electron chi connectivity index (χ2n) is 12.2. The number of anilines is 3. The van der Waals surface area contributed by atoms with Gasteiger partial charge in [0.05, 0.1) is 39.1 Å². The summed E-state index contributed by atoms with van der Waals surface area (Å²) in [6, 6.07) is 55.6. The molecule has 0 atom stereocenters. The maximum Gasteiger partial charge on any atom is 0.0783 e. The Morgan fingerprint density at radius 1 is 0.370 bits per heavy atom. The van der Waals surface area contributed by atoms with Gasteiger partial charge in [-0.3, -0.25) is 0 Å². The lowest BCUT2D eigenvalue weighted by molar-refractivity contribution is 1.11. The lowest BCUT2D eigenvalue weighted by Gasteiger charge is -2.33. The van der Waals surface area contributed by atoms with Crippen LogP contribution in [0.1, 0.15) is 0 Å². The van der Waals surface area contributed by atoms with Crippen LogP contribution in [-0.4, -0.2) is 9.13 Å². The van der Waals surface area contributed by atoms with Gasteiger partial charge in [-0.1, -0.05) is 78.9 Å². The van der Waals surface area contributed by atoms with E-state index in [0.29, 0.717) is 0 Å². The van der Waals surface area contributed by atoms with Gasteiger partial charge in [0.2, 0.25) is 0 Å². The van der Waals surface area contributed by atoms with Crippen LogP contribution in [0.2, 0.25) is 0 Å². The summed E-state index contributed by atoms with van der Waals surface area (Å²) in [4.78, 5) is 2.47. The third-order valence-corrected chi connectivity index (χ3v) is 10.9. The van der Waals surface area contributed by atoms with Crippen molar-refractivity contribution in [3.8, 4) is 11.4 Å². The summed E-state index contributed by atoms with van der Waals surface area (Å²) in [6.45, 7) is 0. The highest BCUT2D eigenvalue weighted by atomic mass is 32.1. The first-order valence-corrected chi connectivity index (χ1v) is 16.5. The molecule has 0 saturated carbocycles. The van der Waals surface area contributed by atoms with E-state index in [0.717, 1.165) is 5.69 Å². The Labute approximate surface area is 268 Å². The standard InChI is InChI=1S/C42H25N3S/c1-2-11-26(12-3-1)43-32-16-6-4-13-28(32)31-25-27(21-22-33(31)43)44-34-17-7-8-18-35(34)45-36-23-24-39-41(29-14-5-9-20-38(29)46-39)40(36)30-15-10-19-37(44)42(30)45/h1-25H. The number of hydrogen-bond donors (Lipinski definition) is 0. The average Bonchev–Trinajstić information content (AvgIpc) is 3.77. The van der Waals surface area contributed by atoms with Gasteiger partial charge in [-0.2, -0.15) is 0 Å². The van der Waals surface area contributed by atoms with Crippen LogP contribution in [0.3, 0.4) is 0 Å². The molecular formula is C42H25N3S. The maximum atomic E-state index is 2.50. The van der Waals surface area contributed by atoms with E-state index in [-0.39, 0.29) is 0 Å². The Balaban J connectivity index is 1.24. The molecule has 214 valence electrons. The molecule has 46 heavy (non-hydrogen) atoms. The maximum absolute atomic E-state index is 2.50. The van der Waals surface area contributed by atoms with Crippen LogP contribution in [0.15, 0.2) is 152 Å². The van der Waals surface area contributed by atoms with E-state index in [4.69, 9.17) is 0 Å². The van der Waals surface area contributed by atoms with Gasteiger partial charge in [0.25, 0.3) is 0 Å². The minimum atomic E-state index is 1.16. The molecule has 0 spiro atoms. The minimum absolute atomic E-state index is 1.16. The third kappa shape index (κ3) is 3.06. The van der Waals surface area contributed by atoms with E-state index in [1.165, 1.54) is 86.5 Å². The predicted octanol–water partition coefficient (Wildman–Crippen LogP) is 12.0. The molecule has 0 aliphatic carbocycles. The quantitative estimate of drug-likeness (QED) is 0.192. The SMILES string of the molecule is c1ccc(-n2c3ccccc3c3cc(N4c5ccccc5-n5c6ccc7sc8ccccc8c7c6c6cccc4c65)ccc32)cc1. The fourth-order valence-electron chi connectivity index (χ4n) is 7.99. The molecule has 3 aromatic heterocycles. The van der Waals surface area contributed by atoms with Crippen molar-refractivity contribution in [3.63, 3.8) is 0 Å². The van der Waals surface area contributed by atoms with Gasteiger partial charge in [-0.25, -0.2) is 0 Å². The highest BCUT2D eigenvalue weighted by Crippen LogP contribution is 2.52. The number of fused-ring (bicyclic) bond motifs is 12. The van der Waals surface area contributed by atoms with E-state index in [9.17, 15) is 0 Å². The van der Waals surface area contributed by atoms with Crippen LogP contribution < -0.4 is 4.90 Å². The van der Waals surface area contributed by atoms with Gasteiger partial charge < -0.3 is 14.0 Å². The molecule has 0 N–H and O–H groups in total. The van der Waals surface area contributed by atoms with Gasteiger partial charge in [0, 0.05) is 53.1 Å². The van der Waals surface area contributed by atoms with E-state index in [1.54, 1.807) is 0 Å². The van der Waals surface area contributed by atoms with Crippen LogP contribution in [-0.2, 0) is 0 Å². The molecule has 0 unspecified atom stereocenters. The Morgan fingerprint density at radius 2 is 1.07 bits per heavy atom. The summed E-state index contributed by atoms with van der Waals surface area (Å²) < 4.78 is 7.55. The zero-order chi connectivity index (χ0) is 29.9. The lowest BCUT2D eigenvalue weighted by Crippen LogP contribution is -2.18. The molecule has 4 heterocycles.